The van der Waals surface area contributed by atoms with Crippen LogP contribution in [0.2, 0.25) is 0 Å². The first-order valence-corrected chi connectivity index (χ1v) is 6.59. The van der Waals surface area contributed by atoms with Gasteiger partial charge in [-0.05, 0) is 34.8 Å². The average molecular weight is 315 g/mol. The van der Waals surface area contributed by atoms with E-state index in [0.29, 0.717) is 17.9 Å². The van der Waals surface area contributed by atoms with Crippen molar-refractivity contribution in [1.82, 2.24) is 4.98 Å². The van der Waals surface area contributed by atoms with Gasteiger partial charge in [0.15, 0.2) is 0 Å². The highest BCUT2D eigenvalue weighted by molar-refractivity contribution is 9.10. The van der Waals surface area contributed by atoms with Crippen LogP contribution in [0.15, 0.2) is 16.7 Å². The van der Waals surface area contributed by atoms with Crippen LogP contribution in [0.5, 0.6) is 0 Å². The van der Waals surface area contributed by atoms with E-state index in [1.54, 1.807) is 12.3 Å². The van der Waals surface area contributed by atoms with Gasteiger partial charge in [0, 0.05) is 23.8 Å². The summed E-state index contributed by atoms with van der Waals surface area (Å²) in [4.78, 5) is 15.8. The first kappa shape index (κ1) is 13.3. The number of nitrogens with one attached hydrogen (secondary N) is 1. The number of halogens is 1. The lowest BCUT2D eigenvalue weighted by Crippen LogP contribution is -2.20. The molecule has 2 rings (SSSR count). The maximum atomic E-state index is 11.6. The molecule has 1 aliphatic rings. The third kappa shape index (κ3) is 3.20. The summed E-state index contributed by atoms with van der Waals surface area (Å²) in [5.74, 6) is 0.124. The molecule has 0 aromatic carbocycles. The van der Waals surface area contributed by atoms with Crippen molar-refractivity contribution in [2.24, 2.45) is 0 Å². The molecule has 1 atom stereocenters. The summed E-state index contributed by atoms with van der Waals surface area (Å²) in [5, 5.41) is 3.14. The van der Waals surface area contributed by atoms with Gasteiger partial charge in [-0.15, -0.1) is 0 Å². The number of anilines is 1. The topological polar surface area (TPSA) is 60.5 Å². The minimum atomic E-state index is -0.404. The Hall–Kier alpha value is -1.14. The number of ether oxygens (including phenoxy) is 2. The van der Waals surface area contributed by atoms with E-state index in [1.807, 2.05) is 0 Å². The second-order valence-corrected chi connectivity index (χ2v) is 4.97. The van der Waals surface area contributed by atoms with Crippen LogP contribution >= 0.6 is 15.9 Å². The lowest BCUT2D eigenvalue weighted by atomic mass is 10.2. The maximum Gasteiger partial charge on any atom is 0.341 e. The van der Waals surface area contributed by atoms with Crippen molar-refractivity contribution in [3.05, 3.63) is 22.3 Å². The van der Waals surface area contributed by atoms with Crippen LogP contribution < -0.4 is 5.32 Å². The van der Waals surface area contributed by atoms with E-state index in [2.05, 4.69) is 26.2 Å². The molecule has 0 amide bonds. The molecule has 1 aromatic heterocycles. The fourth-order valence-corrected chi connectivity index (χ4v) is 2.19. The smallest absolute Gasteiger partial charge is 0.341 e. The molecule has 1 unspecified atom stereocenters. The molecule has 6 heteroatoms. The molecule has 0 radical (unpaired) electrons. The Labute approximate surface area is 114 Å². The standard InChI is InChI=1S/C12H15BrN2O3/c1-17-12(16)10-5-8(13)6-14-11(10)15-7-9-3-2-4-18-9/h5-6,9H,2-4,7H2,1H3,(H,14,15). The minimum absolute atomic E-state index is 0.195. The minimum Gasteiger partial charge on any atom is -0.465 e. The number of hydrogen-bond acceptors (Lipinski definition) is 5. The molecule has 1 aromatic rings. The van der Waals surface area contributed by atoms with Crippen molar-refractivity contribution < 1.29 is 14.3 Å². The molecule has 2 heterocycles. The second-order valence-electron chi connectivity index (χ2n) is 4.06. The van der Waals surface area contributed by atoms with Crippen molar-refractivity contribution in [2.45, 2.75) is 18.9 Å². The molecule has 98 valence electrons. The van der Waals surface area contributed by atoms with Gasteiger partial charge in [-0.3, -0.25) is 0 Å². The van der Waals surface area contributed by atoms with Gasteiger partial charge >= 0.3 is 5.97 Å². The molecular weight excluding hydrogens is 300 g/mol. The predicted molar refractivity (Wildman–Crippen MR) is 70.7 cm³/mol. The molecule has 5 nitrogen and oxygen atoms in total. The molecule has 1 fully saturated rings. The summed E-state index contributed by atoms with van der Waals surface area (Å²) in [6, 6.07) is 1.69. The van der Waals surface area contributed by atoms with E-state index in [4.69, 9.17) is 9.47 Å². The van der Waals surface area contributed by atoms with Gasteiger partial charge < -0.3 is 14.8 Å². The number of rotatable bonds is 4. The monoisotopic (exact) mass is 314 g/mol. The molecule has 0 aliphatic carbocycles. The van der Waals surface area contributed by atoms with Crippen LogP contribution in [0.1, 0.15) is 23.2 Å². The third-order valence-corrected chi connectivity index (χ3v) is 3.21. The molecule has 1 N–H and O–H groups in total. The second kappa shape index (κ2) is 6.15. The Bertz CT molecular complexity index is 433. The van der Waals surface area contributed by atoms with Crippen LogP contribution in [-0.4, -0.2) is 37.3 Å². The van der Waals surface area contributed by atoms with Crippen molar-refractivity contribution in [1.29, 1.82) is 0 Å². The molecular formula is C12H15BrN2O3. The molecule has 18 heavy (non-hydrogen) atoms. The zero-order valence-electron chi connectivity index (χ0n) is 10.1. The van der Waals surface area contributed by atoms with Crippen LogP contribution in [0, 0.1) is 0 Å². The highest BCUT2D eigenvalue weighted by Crippen LogP contribution is 2.20. The number of methoxy groups -OCH3 is 1. The van der Waals surface area contributed by atoms with Gasteiger partial charge in [0.2, 0.25) is 0 Å². The zero-order chi connectivity index (χ0) is 13.0. The summed E-state index contributed by atoms with van der Waals surface area (Å²) < 4.78 is 11.0. The molecule has 0 spiro atoms. The van der Waals surface area contributed by atoms with Crippen LogP contribution in [0.25, 0.3) is 0 Å². The lowest BCUT2D eigenvalue weighted by Gasteiger charge is -2.13. The molecule has 0 bridgehead atoms. The van der Waals surface area contributed by atoms with E-state index in [0.717, 1.165) is 23.9 Å². The van der Waals surface area contributed by atoms with E-state index < -0.39 is 5.97 Å². The van der Waals surface area contributed by atoms with Crippen LogP contribution in [-0.2, 0) is 9.47 Å². The molecule has 1 aliphatic heterocycles. The number of carbonyl (C=O) groups is 1. The normalized spacial score (nSPS) is 18.7. The number of carbonyl (C=O) groups excluding carboxylic acids is 1. The van der Waals surface area contributed by atoms with Gasteiger partial charge in [0.1, 0.15) is 11.4 Å². The van der Waals surface area contributed by atoms with Gasteiger partial charge in [0.05, 0.1) is 13.2 Å². The maximum absolute atomic E-state index is 11.6. The zero-order valence-corrected chi connectivity index (χ0v) is 11.7. The van der Waals surface area contributed by atoms with Crippen molar-refractivity contribution in [2.75, 3.05) is 25.6 Å². The van der Waals surface area contributed by atoms with E-state index in [9.17, 15) is 4.79 Å². The summed E-state index contributed by atoms with van der Waals surface area (Å²) in [6.45, 7) is 1.46. The quantitative estimate of drug-likeness (QED) is 0.863. The number of esters is 1. The Morgan fingerprint density at radius 1 is 1.72 bits per heavy atom. The summed E-state index contributed by atoms with van der Waals surface area (Å²) >= 11 is 3.29. The van der Waals surface area contributed by atoms with Crippen LogP contribution in [0.3, 0.4) is 0 Å². The van der Waals surface area contributed by atoms with Crippen LogP contribution in [0.4, 0.5) is 5.82 Å². The lowest BCUT2D eigenvalue weighted by molar-refractivity contribution is 0.0601. The average Bonchev–Trinajstić information content (AvgIpc) is 2.89. The fraction of sp³-hybridized carbons (Fsp3) is 0.500. The largest absolute Gasteiger partial charge is 0.465 e. The van der Waals surface area contributed by atoms with E-state index in [1.165, 1.54) is 7.11 Å². The first-order chi connectivity index (χ1) is 8.70. The third-order valence-electron chi connectivity index (χ3n) is 2.78. The highest BCUT2D eigenvalue weighted by Gasteiger charge is 2.18. The fourth-order valence-electron chi connectivity index (χ4n) is 1.86. The van der Waals surface area contributed by atoms with Crippen molar-refractivity contribution in [3.63, 3.8) is 0 Å². The number of aromatic nitrogens is 1. The Morgan fingerprint density at radius 3 is 3.22 bits per heavy atom. The highest BCUT2D eigenvalue weighted by atomic mass is 79.9. The predicted octanol–water partition coefficient (Wildman–Crippen LogP) is 2.22. The van der Waals surface area contributed by atoms with Gasteiger partial charge in [-0.1, -0.05) is 0 Å². The van der Waals surface area contributed by atoms with E-state index >= 15 is 0 Å². The molecule has 0 saturated carbocycles. The summed E-state index contributed by atoms with van der Waals surface area (Å²) in [6.07, 6.45) is 3.96. The van der Waals surface area contributed by atoms with Gasteiger partial charge in [0.25, 0.3) is 0 Å². The number of nitrogens with zero attached hydrogens (tertiary/aromatic N) is 1. The Balaban J connectivity index is 2.08. The Kier molecular flexibility index (Phi) is 4.54. The van der Waals surface area contributed by atoms with E-state index in [-0.39, 0.29) is 6.10 Å². The number of hydrogen-bond donors (Lipinski definition) is 1. The summed E-state index contributed by atoms with van der Waals surface area (Å²) in [5.41, 5.74) is 0.421. The van der Waals surface area contributed by atoms with Crippen molar-refractivity contribution >= 4 is 27.7 Å². The first-order valence-electron chi connectivity index (χ1n) is 5.80. The van der Waals surface area contributed by atoms with Crippen molar-refractivity contribution in [3.8, 4) is 0 Å². The summed E-state index contributed by atoms with van der Waals surface area (Å²) in [7, 11) is 1.35. The molecule has 1 saturated heterocycles. The number of pyridine rings is 1. The van der Waals surface area contributed by atoms with Gasteiger partial charge in [-0.2, -0.15) is 0 Å². The SMILES string of the molecule is COC(=O)c1cc(Br)cnc1NCC1CCCO1. The Morgan fingerprint density at radius 2 is 2.56 bits per heavy atom. The van der Waals surface area contributed by atoms with Gasteiger partial charge in [-0.25, -0.2) is 9.78 Å².